The minimum absolute atomic E-state index is 0.102. The third-order valence-corrected chi connectivity index (χ3v) is 3.17. The highest BCUT2D eigenvalue weighted by Crippen LogP contribution is 2.38. The van der Waals surface area contributed by atoms with E-state index in [-0.39, 0.29) is 18.6 Å². The topological polar surface area (TPSA) is 40.5 Å². The van der Waals surface area contributed by atoms with Gasteiger partial charge in [-0.05, 0) is 18.3 Å². The lowest BCUT2D eigenvalue weighted by Crippen LogP contribution is -2.37. The zero-order valence-electron chi connectivity index (χ0n) is 8.67. The molecule has 2 heteroatoms. The van der Waals surface area contributed by atoms with E-state index in [1.807, 2.05) is 0 Å². The van der Waals surface area contributed by atoms with Crippen LogP contribution < -0.4 is 0 Å². The van der Waals surface area contributed by atoms with Crippen LogP contribution in [0.4, 0.5) is 0 Å². The van der Waals surface area contributed by atoms with Gasteiger partial charge in [0, 0.05) is 18.6 Å². The van der Waals surface area contributed by atoms with Gasteiger partial charge in [0.2, 0.25) is 0 Å². The van der Waals surface area contributed by atoms with Crippen LogP contribution in [0.2, 0.25) is 0 Å². The number of aliphatic hydroxyl groups is 2. The van der Waals surface area contributed by atoms with Gasteiger partial charge in [0.15, 0.2) is 0 Å². The molecular weight excluding hydrogens is 152 g/mol. The van der Waals surface area contributed by atoms with Crippen LogP contribution in [0.5, 0.6) is 0 Å². The lowest BCUT2D eigenvalue weighted by atomic mass is 9.67. The SMILES string of the molecule is CC(C)C(CO)(CCO)C(C)C. The van der Waals surface area contributed by atoms with Crippen LogP contribution in [0.15, 0.2) is 0 Å². The van der Waals surface area contributed by atoms with Gasteiger partial charge in [-0.25, -0.2) is 0 Å². The Morgan fingerprint density at radius 2 is 1.42 bits per heavy atom. The Balaban J connectivity index is 4.51. The van der Waals surface area contributed by atoms with Crippen molar-refractivity contribution in [3.8, 4) is 0 Å². The average Bonchev–Trinajstić information content (AvgIpc) is 1.98. The van der Waals surface area contributed by atoms with Gasteiger partial charge < -0.3 is 10.2 Å². The van der Waals surface area contributed by atoms with Crippen LogP contribution in [0.1, 0.15) is 34.1 Å². The minimum Gasteiger partial charge on any atom is -0.396 e. The molecule has 74 valence electrons. The van der Waals surface area contributed by atoms with Gasteiger partial charge in [-0.2, -0.15) is 0 Å². The first-order valence-corrected chi connectivity index (χ1v) is 4.73. The van der Waals surface area contributed by atoms with Crippen LogP contribution in [-0.2, 0) is 0 Å². The quantitative estimate of drug-likeness (QED) is 0.665. The summed E-state index contributed by atoms with van der Waals surface area (Å²) in [4.78, 5) is 0. The first-order valence-electron chi connectivity index (χ1n) is 4.73. The Kier molecular flexibility index (Phi) is 4.80. The fourth-order valence-electron chi connectivity index (χ4n) is 1.90. The molecule has 0 aliphatic carbocycles. The van der Waals surface area contributed by atoms with Crippen LogP contribution in [-0.4, -0.2) is 23.4 Å². The summed E-state index contributed by atoms with van der Waals surface area (Å²) >= 11 is 0. The molecule has 0 aliphatic rings. The summed E-state index contributed by atoms with van der Waals surface area (Å²) in [7, 11) is 0. The van der Waals surface area contributed by atoms with Crippen molar-refractivity contribution in [2.75, 3.05) is 13.2 Å². The fraction of sp³-hybridized carbons (Fsp3) is 1.00. The van der Waals surface area contributed by atoms with E-state index in [2.05, 4.69) is 27.7 Å². The highest BCUT2D eigenvalue weighted by molar-refractivity contribution is 4.84. The summed E-state index contributed by atoms with van der Waals surface area (Å²) < 4.78 is 0. The Morgan fingerprint density at radius 1 is 1.00 bits per heavy atom. The maximum Gasteiger partial charge on any atom is 0.0493 e. The van der Waals surface area contributed by atoms with Gasteiger partial charge in [-0.3, -0.25) is 0 Å². The normalized spacial score (nSPS) is 13.0. The fourth-order valence-corrected chi connectivity index (χ4v) is 1.90. The molecule has 0 aromatic rings. The molecule has 12 heavy (non-hydrogen) atoms. The van der Waals surface area contributed by atoms with Crippen LogP contribution >= 0.6 is 0 Å². The van der Waals surface area contributed by atoms with E-state index < -0.39 is 0 Å². The van der Waals surface area contributed by atoms with E-state index in [9.17, 15) is 5.11 Å². The summed E-state index contributed by atoms with van der Waals surface area (Å²) in [6, 6.07) is 0. The Bertz CT molecular complexity index is 111. The second-order valence-electron chi connectivity index (χ2n) is 4.17. The highest BCUT2D eigenvalue weighted by Gasteiger charge is 2.35. The molecule has 2 nitrogen and oxygen atoms in total. The molecule has 0 bridgehead atoms. The maximum absolute atomic E-state index is 9.34. The molecule has 0 radical (unpaired) electrons. The van der Waals surface area contributed by atoms with Gasteiger partial charge in [-0.15, -0.1) is 0 Å². The standard InChI is InChI=1S/C10H22O2/c1-8(2)10(7-12,5-6-11)9(3)4/h8-9,11-12H,5-7H2,1-4H3. The lowest BCUT2D eigenvalue weighted by Gasteiger charge is -2.39. The first-order chi connectivity index (χ1) is 5.51. The smallest absolute Gasteiger partial charge is 0.0493 e. The maximum atomic E-state index is 9.34. The third kappa shape index (κ3) is 2.20. The van der Waals surface area contributed by atoms with Crippen molar-refractivity contribution in [1.29, 1.82) is 0 Å². The Hall–Kier alpha value is -0.0800. The minimum atomic E-state index is -0.102. The van der Waals surface area contributed by atoms with Gasteiger partial charge >= 0.3 is 0 Å². The van der Waals surface area contributed by atoms with E-state index in [1.54, 1.807) is 0 Å². The molecule has 0 aromatic heterocycles. The molecule has 0 spiro atoms. The van der Waals surface area contributed by atoms with Crippen LogP contribution in [0.25, 0.3) is 0 Å². The number of rotatable bonds is 5. The zero-order chi connectivity index (χ0) is 9.78. The number of hydrogen-bond acceptors (Lipinski definition) is 2. The number of aliphatic hydroxyl groups excluding tert-OH is 2. The molecule has 0 fully saturated rings. The zero-order valence-corrected chi connectivity index (χ0v) is 8.67. The molecule has 0 heterocycles. The van der Waals surface area contributed by atoms with Crippen LogP contribution in [0, 0.1) is 17.3 Å². The van der Waals surface area contributed by atoms with Crippen molar-refractivity contribution in [2.45, 2.75) is 34.1 Å². The van der Waals surface area contributed by atoms with Crippen LogP contribution in [0.3, 0.4) is 0 Å². The predicted octanol–water partition coefficient (Wildman–Crippen LogP) is 1.66. The summed E-state index contributed by atoms with van der Waals surface area (Å²) in [6.45, 7) is 8.75. The Morgan fingerprint density at radius 3 is 1.50 bits per heavy atom. The lowest BCUT2D eigenvalue weighted by molar-refractivity contribution is 0.00653. The molecule has 0 saturated heterocycles. The molecule has 0 rings (SSSR count). The molecule has 0 saturated carbocycles. The van der Waals surface area contributed by atoms with Crippen molar-refractivity contribution >= 4 is 0 Å². The highest BCUT2D eigenvalue weighted by atomic mass is 16.3. The van der Waals surface area contributed by atoms with E-state index >= 15 is 0 Å². The molecule has 0 amide bonds. The van der Waals surface area contributed by atoms with Crippen molar-refractivity contribution < 1.29 is 10.2 Å². The van der Waals surface area contributed by atoms with Gasteiger partial charge in [0.25, 0.3) is 0 Å². The molecule has 0 aromatic carbocycles. The monoisotopic (exact) mass is 174 g/mol. The second kappa shape index (κ2) is 4.83. The van der Waals surface area contributed by atoms with Gasteiger partial charge in [-0.1, -0.05) is 27.7 Å². The van der Waals surface area contributed by atoms with Crippen molar-refractivity contribution in [2.24, 2.45) is 17.3 Å². The molecule has 0 atom stereocenters. The summed E-state index contributed by atoms with van der Waals surface area (Å²) in [5.41, 5.74) is -0.102. The van der Waals surface area contributed by atoms with Crippen molar-refractivity contribution in [3.05, 3.63) is 0 Å². The summed E-state index contributed by atoms with van der Waals surface area (Å²) in [5.74, 6) is 0.823. The van der Waals surface area contributed by atoms with Gasteiger partial charge in [0.05, 0.1) is 0 Å². The van der Waals surface area contributed by atoms with E-state index in [1.165, 1.54) is 0 Å². The average molecular weight is 174 g/mol. The Labute approximate surface area is 75.6 Å². The second-order valence-corrected chi connectivity index (χ2v) is 4.17. The predicted molar refractivity (Wildman–Crippen MR) is 50.9 cm³/mol. The molecule has 2 N–H and O–H groups in total. The van der Waals surface area contributed by atoms with E-state index in [0.29, 0.717) is 18.3 Å². The molecule has 0 aliphatic heterocycles. The van der Waals surface area contributed by atoms with Crippen molar-refractivity contribution in [3.63, 3.8) is 0 Å². The molecular formula is C10H22O2. The van der Waals surface area contributed by atoms with Gasteiger partial charge in [0.1, 0.15) is 0 Å². The van der Waals surface area contributed by atoms with E-state index in [0.717, 1.165) is 0 Å². The third-order valence-electron chi connectivity index (χ3n) is 3.17. The first kappa shape index (κ1) is 11.9. The van der Waals surface area contributed by atoms with Crippen molar-refractivity contribution in [1.82, 2.24) is 0 Å². The summed E-state index contributed by atoms with van der Waals surface area (Å²) in [5, 5.41) is 18.3. The number of hydrogen-bond donors (Lipinski definition) is 2. The molecule has 0 unspecified atom stereocenters. The summed E-state index contributed by atoms with van der Waals surface area (Å²) in [6.07, 6.45) is 0.693. The largest absolute Gasteiger partial charge is 0.396 e. The van der Waals surface area contributed by atoms with E-state index in [4.69, 9.17) is 5.11 Å².